The number of rotatable bonds is 2. The van der Waals surface area contributed by atoms with E-state index in [9.17, 15) is 0 Å². The first-order valence-corrected chi connectivity index (χ1v) is 5.72. The lowest BCUT2D eigenvalue weighted by Gasteiger charge is -1.97. The van der Waals surface area contributed by atoms with Crippen molar-refractivity contribution in [3.63, 3.8) is 0 Å². The molecule has 0 saturated heterocycles. The molecule has 0 N–H and O–H groups in total. The van der Waals surface area contributed by atoms with E-state index in [0.29, 0.717) is 0 Å². The zero-order valence-corrected chi connectivity index (χ0v) is 9.72. The predicted molar refractivity (Wildman–Crippen MR) is 65.0 cm³/mol. The van der Waals surface area contributed by atoms with Gasteiger partial charge in [-0.15, -0.1) is 11.3 Å². The van der Waals surface area contributed by atoms with Crippen LogP contribution in [-0.4, -0.2) is 9.97 Å². The summed E-state index contributed by atoms with van der Waals surface area (Å²) in [5, 5.41) is 2.32. The SMILES string of the molecule is Cc1cnc(Cl)nc1C=Cc1cccs1. The number of nitrogens with zero attached hydrogens (tertiary/aromatic N) is 2. The van der Waals surface area contributed by atoms with Crippen molar-refractivity contribution in [1.29, 1.82) is 0 Å². The highest BCUT2D eigenvalue weighted by atomic mass is 35.5. The fourth-order valence-corrected chi connectivity index (χ4v) is 1.91. The minimum Gasteiger partial charge on any atom is -0.226 e. The van der Waals surface area contributed by atoms with Crippen LogP contribution < -0.4 is 0 Å². The lowest BCUT2D eigenvalue weighted by atomic mass is 10.2. The maximum Gasteiger partial charge on any atom is 0.222 e. The average Bonchev–Trinajstić information content (AvgIpc) is 2.72. The normalized spacial score (nSPS) is 11.1. The third-order valence-electron chi connectivity index (χ3n) is 1.93. The van der Waals surface area contributed by atoms with Crippen molar-refractivity contribution in [2.24, 2.45) is 0 Å². The molecule has 0 aliphatic rings. The van der Waals surface area contributed by atoms with Gasteiger partial charge in [-0.2, -0.15) is 0 Å². The van der Waals surface area contributed by atoms with Gasteiger partial charge in [-0.25, -0.2) is 9.97 Å². The van der Waals surface area contributed by atoms with Gasteiger partial charge in [0.05, 0.1) is 5.69 Å². The molecule has 0 spiro atoms. The standard InChI is InChI=1S/C11H9ClN2S/c1-8-7-13-11(12)14-10(8)5-4-9-3-2-6-15-9/h2-7H,1H3. The quantitative estimate of drug-likeness (QED) is 0.744. The van der Waals surface area contributed by atoms with Crippen molar-refractivity contribution in [3.8, 4) is 0 Å². The lowest BCUT2D eigenvalue weighted by Crippen LogP contribution is -1.89. The van der Waals surface area contributed by atoms with E-state index in [1.807, 2.05) is 30.5 Å². The zero-order chi connectivity index (χ0) is 10.7. The van der Waals surface area contributed by atoms with E-state index in [1.54, 1.807) is 17.5 Å². The Morgan fingerprint density at radius 1 is 1.40 bits per heavy atom. The summed E-state index contributed by atoms with van der Waals surface area (Å²) in [6.45, 7) is 1.96. The Kier molecular flexibility index (Phi) is 3.14. The van der Waals surface area contributed by atoms with Gasteiger partial charge in [0.25, 0.3) is 0 Å². The fourth-order valence-electron chi connectivity index (χ4n) is 1.15. The molecule has 0 aromatic carbocycles. The van der Waals surface area contributed by atoms with Crippen LogP contribution in [-0.2, 0) is 0 Å². The number of halogens is 1. The van der Waals surface area contributed by atoms with E-state index < -0.39 is 0 Å². The summed E-state index contributed by atoms with van der Waals surface area (Å²) >= 11 is 7.41. The van der Waals surface area contributed by atoms with Crippen LogP contribution in [0, 0.1) is 6.92 Å². The largest absolute Gasteiger partial charge is 0.226 e. The van der Waals surface area contributed by atoms with Crippen molar-refractivity contribution in [2.45, 2.75) is 6.92 Å². The Bertz CT molecular complexity index is 477. The smallest absolute Gasteiger partial charge is 0.222 e. The van der Waals surface area contributed by atoms with E-state index in [-0.39, 0.29) is 5.28 Å². The Balaban J connectivity index is 2.27. The van der Waals surface area contributed by atoms with Gasteiger partial charge in [-0.1, -0.05) is 6.07 Å². The van der Waals surface area contributed by atoms with Crippen LogP contribution in [0.25, 0.3) is 12.2 Å². The molecule has 76 valence electrons. The monoisotopic (exact) mass is 236 g/mol. The zero-order valence-electron chi connectivity index (χ0n) is 8.14. The molecule has 2 aromatic rings. The maximum atomic E-state index is 5.72. The molecule has 0 aliphatic heterocycles. The summed E-state index contributed by atoms with van der Waals surface area (Å²) in [7, 11) is 0. The minimum atomic E-state index is 0.284. The third-order valence-corrected chi connectivity index (χ3v) is 2.95. The number of hydrogen-bond acceptors (Lipinski definition) is 3. The van der Waals surface area contributed by atoms with Gasteiger partial charge in [0.1, 0.15) is 0 Å². The molecule has 2 heterocycles. The fraction of sp³-hybridized carbons (Fsp3) is 0.0909. The van der Waals surface area contributed by atoms with Gasteiger partial charge in [0.15, 0.2) is 0 Å². The predicted octanol–water partition coefficient (Wildman–Crippen LogP) is 3.67. The Labute approximate surface area is 97.3 Å². The highest BCUT2D eigenvalue weighted by molar-refractivity contribution is 7.10. The molecule has 0 amide bonds. The molecule has 0 atom stereocenters. The molecule has 0 fully saturated rings. The highest BCUT2D eigenvalue weighted by Gasteiger charge is 1.98. The van der Waals surface area contributed by atoms with Crippen molar-refractivity contribution in [3.05, 3.63) is 45.1 Å². The molecule has 0 saturated carbocycles. The lowest BCUT2D eigenvalue weighted by molar-refractivity contribution is 1.11. The van der Waals surface area contributed by atoms with Crippen LogP contribution in [0.3, 0.4) is 0 Å². The van der Waals surface area contributed by atoms with Crippen molar-refractivity contribution in [1.82, 2.24) is 9.97 Å². The first-order valence-electron chi connectivity index (χ1n) is 4.46. The van der Waals surface area contributed by atoms with Gasteiger partial charge >= 0.3 is 0 Å². The number of hydrogen-bond donors (Lipinski definition) is 0. The average molecular weight is 237 g/mol. The topological polar surface area (TPSA) is 25.8 Å². The second-order valence-corrected chi connectivity index (χ2v) is 4.37. The summed E-state index contributed by atoms with van der Waals surface area (Å²) in [6, 6.07) is 4.07. The van der Waals surface area contributed by atoms with Crippen molar-refractivity contribution in [2.75, 3.05) is 0 Å². The van der Waals surface area contributed by atoms with Gasteiger partial charge in [0.2, 0.25) is 5.28 Å². The molecule has 4 heteroatoms. The van der Waals surface area contributed by atoms with Crippen LogP contribution in [0.5, 0.6) is 0 Å². The first-order chi connectivity index (χ1) is 7.25. The van der Waals surface area contributed by atoms with Crippen LogP contribution in [0.15, 0.2) is 23.7 Å². The second kappa shape index (κ2) is 4.55. The number of aromatic nitrogens is 2. The number of thiophene rings is 1. The van der Waals surface area contributed by atoms with Gasteiger partial charge < -0.3 is 0 Å². The maximum absolute atomic E-state index is 5.72. The van der Waals surface area contributed by atoms with E-state index in [0.717, 1.165) is 11.3 Å². The summed E-state index contributed by atoms with van der Waals surface area (Å²) in [5.74, 6) is 0. The van der Waals surface area contributed by atoms with Gasteiger partial charge in [0, 0.05) is 11.1 Å². The van der Waals surface area contributed by atoms with E-state index in [1.165, 1.54) is 4.88 Å². The Morgan fingerprint density at radius 3 is 3.00 bits per heavy atom. The molecule has 2 rings (SSSR count). The molecule has 15 heavy (non-hydrogen) atoms. The molecule has 2 aromatic heterocycles. The molecule has 0 radical (unpaired) electrons. The van der Waals surface area contributed by atoms with E-state index >= 15 is 0 Å². The highest BCUT2D eigenvalue weighted by Crippen LogP contribution is 2.14. The van der Waals surface area contributed by atoms with Gasteiger partial charge in [-0.05, 0) is 47.7 Å². The summed E-state index contributed by atoms with van der Waals surface area (Å²) in [6.07, 6.45) is 5.70. The second-order valence-electron chi connectivity index (χ2n) is 3.06. The minimum absolute atomic E-state index is 0.284. The molecule has 2 nitrogen and oxygen atoms in total. The Hall–Kier alpha value is -1.19. The van der Waals surface area contributed by atoms with E-state index in [4.69, 9.17) is 11.6 Å². The summed E-state index contributed by atoms with van der Waals surface area (Å²) < 4.78 is 0. The summed E-state index contributed by atoms with van der Waals surface area (Å²) in [4.78, 5) is 9.25. The molecule has 0 aliphatic carbocycles. The van der Waals surface area contributed by atoms with Crippen LogP contribution in [0.2, 0.25) is 5.28 Å². The van der Waals surface area contributed by atoms with Crippen LogP contribution >= 0.6 is 22.9 Å². The van der Waals surface area contributed by atoms with Crippen molar-refractivity contribution < 1.29 is 0 Å². The van der Waals surface area contributed by atoms with Crippen LogP contribution in [0.4, 0.5) is 0 Å². The molecule has 0 bridgehead atoms. The Morgan fingerprint density at radius 2 is 2.27 bits per heavy atom. The molecular formula is C11H9ClN2S. The molecule has 0 unspecified atom stereocenters. The molecular weight excluding hydrogens is 228 g/mol. The van der Waals surface area contributed by atoms with E-state index in [2.05, 4.69) is 16.0 Å². The van der Waals surface area contributed by atoms with Crippen LogP contribution in [0.1, 0.15) is 16.1 Å². The first kappa shape index (κ1) is 10.3. The summed E-state index contributed by atoms with van der Waals surface area (Å²) in [5.41, 5.74) is 1.88. The van der Waals surface area contributed by atoms with Gasteiger partial charge in [-0.3, -0.25) is 0 Å². The number of aryl methyl sites for hydroxylation is 1. The third kappa shape index (κ3) is 2.64. The van der Waals surface area contributed by atoms with Crippen molar-refractivity contribution >= 4 is 35.1 Å².